The van der Waals surface area contributed by atoms with Gasteiger partial charge in [-0.3, -0.25) is 0 Å². The van der Waals surface area contributed by atoms with Crippen LogP contribution in [0.5, 0.6) is 0 Å². The van der Waals surface area contributed by atoms with Gasteiger partial charge in [0.15, 0.2) is 9.84 Å². The van der Waals surface area contributed by atoms with Crippen LogP contribution in [0.3, 0.4) is 0 Å². The molecule has 2 N–H and O–H groups in total. The predicted octanol–water partition coefficient (Wildman–Crippen LogP) is 8.60. The van der Waals surface area contributed by atoms with Crippen molar-refractivity contribution in [3.63, 3.8) is 0 Å². The first kappa shape index (κ1) is 32.0. The molecule has 43 heavy (non-hydrogen) atoms. The molecule has 5 aliphatic carbocycles. The van der Waals surface area contributed by atoms with E-state index in [0.717, 1.165) is 43.9 Å². The van der Waals surface area contributed by atoms with Gasteiger partial charge in [-0.05, 0) is 160 Å². The molecule has 5 aliphatic rings. The van der Waals surface area contributed by atoms with E-state index in [-0.39, 0.29) is 16.9 Å². The molecule has 4 nitrogen and oxygen atoms in total. The second-order valence-electron chi connectivity index (χ2n) is 17.7. The van der Waals surface area contributed by atoms with Gasteiger partial charge >= 0.3 is 0 Å². The molecule has 0 spiro atoms. The van der Waals surface area contributed by atoms with Crippen molar-refractivity contribution < 1.29 is 18.6 Å². The number of fused-ring (bicyclic) bond motifs is 5. The zero-order valence-electron chi connectivity index (χ0n) is 27.7. The first-order valence-corrected chi connectivity index (χ1v) is 19.4. The van der Waals surface area contributed by atoms with E-state index in [4.69, 9.17) is 0 Å². The van der Waals surface area contributed by atoms with Crippen molar-refractivity contribution in [1.82, 2.24) is 0 Å². The van der Waals surface area contributed by atoms with Crippen molar-refractivity contribution in [2.75, 3.05) is 0 Å². The highest BCUT2D eigenvalue weighted by atomic mass is 32.2. The second-order valence-corrected chi connectivity index (χ2v) is 19.9. The topological polar surface area (TPSA) is 74.6 Å². The lowest BCUT2D eigenvalue weighted by Crippen LogP contribution is -2.54. The normalized spacial score (nSPS) is 44.2. The minimum atomic E-state index is -3.57. The fraction of sp³-hybridized carbons (Fsp3) is 0.842. The number of aliphatic hydroxyl groups excluding tert-OH is 1. The molecule has 6 rings (SSSR count). The van der Waals surface area contributed by atoms with E-state index in [2.05, 4.69) is 34.6 Å². The molecule has 5 saturated carbocycles. The monoisotopic (exact) mass is 612 g/mol. The molecule has 5 heteroatoms. The molecule has 1 aromatic rings. The highest BCUT2D eigenvalue weighted by Crippen LogP contribution is 2.68. The lowest BCUT2D eigenvalue weighted by Gasteiger charge is -2.61. The van der Waals surface area contributed by atoms with E-state index in [1.165, 1.54) is 38.5 Å². The second kappa shape index (κ2) is 11.4. The summed E-state index contributed by atoms with van der Waals surface area (Å²) < 4.78 is 28.7. The van der Waals surface area contributed by atoms with Crippen LogP contribution in [-0.4, -0.2) is 35.6 Å². The van der Waals surface area contributed by atoms with Crippen LogP contribution in [0.15, 0.2) is 35.2 Å². The Morgan fingerprint density at radius 1 is 0.837 bits per heavy atom. The molecule has 0 aliphatic heterocycles. The predicted molar refractivity (Wildman–Crippen MR) is 174 cm³/mol. The molecule has 0 heterocycles. The molecule has 0 radical (unpaired) electrons. The van der Waals surface area contributed by atoms with E-state index < -0.39 is 20.7 Å². The molecular formula is C38H60O4S. The van der Waals surface area contributed by atoms with Gasteiger partial charge in [0.05, 0.1) is 21.9 Å². The lowest BCUT2D eigenvalue weighted by molar-refractivity contribution is -0.127. The minimum absolute atomic E-state index is 0.110. The van der Waals surface area contributed by atoms with E-state index in [9.17, 15) is 18.6 Å². The van der Waals surface area contributed by atoms with Gasteiger partial charge in [-0.1, -0.05) is 52.8 Å². The van der Waals surface area contributed by atoms with Crippen molar-refractivity contribution in [2.45, 2.75) is 153 Å². The van der Waals surface area contributed by atoms with Crippen LogP contribution in [0, 0.1) is 51.8 Å². The third kappa shape index (κ3) is 5.79. The van der Waals surface area contributed by atoms with Crippen LogP contribution in [0.4, 0.5) is 0 Å². The van der Waals surface area contributed by atoms with E-state index >= 15 is 0 Å². The number of hydrogen-bond acceptors (Lipinski definition) is 4. The summed E-state index contributed by atoms with van der Waals surface area (Å²) in [6, 6.07) is 9.07. The molecule has 0 amide bonds. The molecular weight excluding hydrogens is 552 g/mol. The number of hydrogen-bond donors (Lipinski definition) is 2. The average molecular weight is 613 g/mol. The summed E-state index contributed by atoms with van der Waals surface area (Å²) in [5.41, 5.74) is -0.147. The van der Waals surface area contributed by atoms with Gasteiger partial charge in [-0.2, -0.15) is 0 Å². The van der Waals surface area contributed by atoms with Crippen LogP contribution >= 0.6 is 0 Å². The molecule has 9 unspecified atom stereocenters. The summed E-state index contributed by atoms with van der Waals surface area (Å²) >= 11 is 0. The van der Waals surface area contributed by atoms with Gasteiger partial charge in [-0.25, -0.2) is 8.42 Å². The summed E-state index contributed by atoms with van der Waals surface area (Å²) in [5.74, 6) is 3.78. The quantitative estimate of drug-likeness (QED) is 0.337. The van der Waals surface area contributed by atoms with E-state index in [1.54, 1.807) is 12.1 Å². The molecule has 0 aromatic heterocycles. The maximum absolute atomic E-state index is 14.3. The van der Waals surface area contributed by atoms with Crippen LogP contribution in [0.1, 0.15) is 131 Å². The number of aliphatic hydroxyl groups is 2. The Morgan fingerprint density at radius 3 is 2.16 bits per heavy atom. The molecule has 1 aromatic carbocycles. The maximum atomic E-state index is 14.3. The van der Waals surface area contributed by atoms with Gasteiger partial charge in [0.2, 0.25) is 0 Å². The zero-order chi connectivity index (χ0) is 30.8. The Balaban J connectivity index is 1.23. The van der Waals surface area contributed by atoms with Gasteiger partial charge in [0.25, 0.3) is 0 Å². The summed E-state index contributed by atoms with van der Waals surface area (Å²) in [4.78, 5) is 0.418. The fourth-order valence-corrected chi connectivity index (χ4v) is 13.8. The van der Waals surface area contributed by atoms with Crippen molar-refractivity contribution >= 4 is 9.84 Å². The number of rotatable bonds is 6. The lowest BCUT2D eigenvalue weighted by atomic mass is 9.44. The summed E-state index contributed by atoms with van der Waals surface area (Å²) in [6.45, 7) is 11.9. The maximum Gasteiger partial charge on any atom is 0.181 e. The first-order chi connectivity index (χ1) is 20.2. The minimum Gasteiger partial charge on any atom is -0.393 e. The standard InChI is InChI=1S/C38H60O4S/c1-35(2,3)26-15-21-38(40,22-16-26)25-31(43(41,42)30-9-7-6-8-10-30)24-28-12-14-33-32-13-11-27-23-29(39)17-19-36(27,4)34(32)18-20-37(28,33)5/h6-10,26-29,31-34,39-40H,11-25H2,1-5H3. The highest BCUT2D eigenvalue weighted by molar-refractivity contribution is 7.92. The van der Waals surface area contributed by atoms with Gasteiger partial charge in [0, 0.05) is 0 Å². The molecule has 0 saturated heterocycles. The SMILES string of the molecule is CC(C)(C)C1CCC(O)(CC(CC2CCC3C4CCC5CC(O)CCC5(C)C4CCC23C)S(=O)(=O)c2ccccc2)CC1. The third-order valence-electron chi connectivity index (χ3n) is 14.6. The number of sulfone groups is 1. The van der Waals surface area contributed by atoms with Crippen molar-refractivity contribution in [1.29, 1.82) is 0 Å². The van der Waals surface area contributed by atoms with E-state index in [0.29, 0.717) is 59.7 Å². The fourth-order valence-electron chi connectivity index (χ4n) is 11.8. The number of benzene rings is 1. The Kier molecular flexibility index (Phi) is 8.50. The summed E-state index contributed by atoms with van der Waals surface area (Å²) in [7, 11) is -3.57. The van der Waals surface area contributed by atoms with Crippen molar-refractivity contribution in [3.8, 4) is 0 Å². The third-order valence-corrected chi connectivity index (χ3v) is 16.8. The molecule has 9 atom stereocenters. The molecule has 242 valence electrons. The van der Waals surface area contributed by atoms with Gasteiger partial charge in [-0.15, -0.1) is 0 Å². The van der Waals surface area contributed by atoms with Crippen LogP contribution in [0.25, 0.3) is 0 Å². The van der Waals surface area contributed by atoms with Crippen LogP contribution in [-0.2, 0) is 9.84 Å². The zero-order valence-corrected chi connectivity index (χ0v) is 28.5. The first-order valence-electron chi connectivity index (χ1n) is 17.9. The Bertz CT molecular complexity index is 1230. The van der Waals surface area contributed by atoms with E-state index in [1.807, 2.05) is 18.2 Å². The molecule has 5 fully saturated rings. The Hall–Kier alpha value is -0.910. The summed E-state index contributed by atoms with van der Waals surface area (Å²) in [5, 5.41) is 21.8. The Labute approximate surface area is 262 Å². The van der Waals surface area contributed by atoms with Crippen molar-refractivity contribution in [3.05, 3.63) is 30.3 Å². The van der Waals surface area contributed by atoms with Crippen LogP contribution < -0.4 is 0 Å². The molecule has 0 bridgehead atoms. The largest absolute Gasteiger partial charge is 0.393 e. The van der Waals surface area contributed by atoms with Gasteiger partial charge in [0.1, 0.15) is 0 Å². The summed E-state index contributed by atoms with van der Waals surface area (Å²) in [6.07, 6.45) is 14.7. The highest BCUT2D eigenvalue weighted by Gasteiger charge is 2.60. The van der Waals surface area contributed by atoms with Gasteiger partial charge < -0.3 is 10.2 Å². The average Bonchev–Trinajstić information content (AvgIpc) is 3.29. The smallest absolute Gasteiger partial charge is 0.181 e. The van der Waals surface area contributed by atoms with Crippen LogP contribution in [0.2, 0.25) is 0 Å². The Morgan fingerprint density at radius 2 is 1.49 bits per heavy atom. The van der Waals surface area contributed by atoms with Crippen molar-refractivity contribution in [2.24, 2.45) is 51.8 Å².